The summed E-state index contributed by atoms with van der Waals surface area (Å²) in [4.78, 5) is 5.12. The summed E-state index contributed by atoms with van der Waals surface area (Å²) >= 11 is 0. The van der Waals surface area contributed by atoms with E-state index in [4.69, 9.17) is 0 Å². The van der Waals surface area contributed by atoms with Crippen molar-refractivity contribution in [3.8, 4) is 0 Å². The van der Waals surface area contributed by atoms with Crippen LogP contribution in [0.15, 0.2) is 80.3 Å². The summed E-state index contributed by atoms with van der Waals surface area (Å²) < 4.78 is 17.3. The standard InChI is InChI=1S/C16H14N2OS/c1-13-17-16(14-8-4-2-5-9-14)12-20(19,18-13)15-10-6-3-7-11-15/h2-12H,1H3. The molecule has 2 aromatic carbocycles. The lowest BCUT2D eigenvalue weighted by molar-refractivity contribution is 0.682. The van der Waals surface area contributed by atoms with Crippen molar-refractivity contribution >= 4 is 21.3 Å². The number of hydrogen-bond donors (Lipinski definition) is 0. The van der Waals surface area contributed by atoms with E-state index in [1.54, 1.807) is 12.3 Å². The third kappa shape index (κ3) is 2.42. The van der Waals surface area contributed by atoms with Crippen LogP contribution in [0.4, 0.5) is 0 Å². The van der Waals surface area contributed by atoms with Crippen LogP contribution >= 0.6 is 0 Å². The fourth-order valence-electron chi connectivity index (χ4n) is 2.07. The first kappa shape index (κ1) is 12.8. The maximum Gasteiger partial charge on any atom is 0.136 e. The molecule has 3 rings (SSSR count). The molecule has 1 atom stereocenters. The molecule has 20 heavy (non-hydrogen) atoms. The van der Waals surface area contributed by atoms with Gasteiger partial charge in [0, 0.05) is 11.0 Å². The van der Waals surface area contributed by atoms with E-state index < -0.39 is 9.73 Å². The molecule has 1 aliphatic heterocycles. The first-order chi connectivity index (χ1) is 9.67. The molecule has 0 spiro atoms. The lowest BCUT2D eigenvalue weighted by atomic mass is 10.2. The average Bonchev–Trinajstić information content (AvgIpc) is 2.48. The summed E-state index contributed by atoms with van der Waals surface area (Å²) in [6.45, 7) is 1.78. The Kier molecular flexibility index (Phi) is 3.24. The minimum Gasteiger partial charge on any atom is -0.240 e. The van der Waals surface area contributed by atoms with E-state index >= 15 is 0 Å². The maximum atomic E-state index is 13.1. The van der Waals surface area contributed by atoms with Gasteiger partial charge in [0.25, 0.3) is 0 Å². The van der Waals surface area contributed by atoms with Gasteiger partial charge < -0.3 is 0 Å². The molecule has 2 aromatic rings. The summed E-state index contributed by atoms with van der Waals surface area (Å²) in [7, 11) is -2.58. The van der Waals surface area contributed by atoms with Crippen LogP contribution in [0, 0.1) is 0 Å². The molecule has 1 aliphatic rings. The van der Waals surface area contributed by atoms with Gasteiger partial charge in [-0.25, -0.2) is 9.20 Å². The van der Waals surface area contributed by atoms with Crippen molar-refractivity contribution in [3.63, 3.8) is 0 Å². The SMILES string of the molecule is CC1=NC(c2ccccc2)=CS(=O)(c2ccccc2)=N1. The predicted octanol–water partition coefficient (Wildman–Crippen LogP) is 3.94. The molecule has 0 fully saturated rings. The van der Waals surface area contributed by atoms with E-state index in [2.05, 4.69) is 9.36 Å². The molecule has 0 saturated carbocycles. The zero-order valence-corrected chi connectivity index (χ0v) is 11.9. The second-order valence-electron chi connectivity index (χ2n) is 4.50. The van der Waals surface area contributed by atoms with Gasteiger partial charge in [-0.1, -0.05) is 48.5 Å². The average molecular weight is 282 g/mol. The van der Waals surface area contributed by atoms with Crippen molar-refractivity contribution in [2.24, 2.45) is 9.36 Å². The second kappa shape index (κ2) is 5.06. The van der Waals surface area contributed by atoms with Crippen LogP contribution in [-0.2, 0) is 9.73 Å². The molecule has 1 unspecified atom stereocenters. The Balaban J connectivity index is 2.18. The summed E-state index contributed by atoms with van der Waals surface area (Å²) in [5.74, 6) is 0.542. The Bertz CT molecular complexity index is 799. The van der Waals surface area contributed by atoms with Crippen LogP contribution in [0.3, 0.4) is 0 Å². The summed E-state index contributed by atoms with van der Waals surface area (Å²) in [5.41, 5.74) is 1.66. The van der Waals surface area contributed by atoms with E-state index in [1.165, 1.54) is 0 Å². The fourth-order valence-corrected chi connectivity index (χ4v) is 3.84. The molecular formula is C16H14N2OS. The van der Waals surface area contributed by atoms with Gasteiger partial charge in [-0.2, -0.15) is 4.36 Å². The molecule has 4 heteroatoms. The number of amidine groups is 1. The van der Waals surface area contributed by atoms with Gasteiger partial charge in [-0.3, -0.25) is 0 Å². The van der Waals surface area contributed by atoms with Crippen molar-refractivity contribution < 1.29 is 4.21 Å². The Morgan fingerprint density at radius 3 is 2.15 bits per heavy atom. The minimum absolute atomic E-state index is 0.542. The monoisotopic (exact) mass is 282 g/mol. The Labute approximate surface area is 118 Å². The number of benzene rings is 2. The smallest absolute Gasteiger partial charge is 0.136 e. The second-order valence-corrected chi connectivity index (χ2v) is 6.53. The van der Waals surface area contributed by atoms with Crippen molar-refractivity contribution in [1.82, 2.24) is 0 Å². The van der Waals surface area contributed by atoms with E-state index in [-0.39, 0.29) is 0 Å². The molecule has 0 aromatic heterocycles. The van der Waals surface area contributed by atoms with E-state index in [1.807, 2.05) is 60.7 Å². The highest BCUT2D eigenvalue weighted by Gasteiger charge is 2.16. The van der Waals surface area contributed by atoms with Crippen LogP contribution in [0.1, 0.15) is 12.5 Å². The molecule has 100 valence electrons. The Morgan fingerprint density at radius 2 is 1.50 bits per heavy atom. The van der Waals surface area contributed by atoms with Crippen LogP contribution < -0.4 is 0 Å². The lowest BCUT2D eigenvalue weighted by Gasteiger charge is -2.13. The Hall–Kier alpha value is -2.20. The molecule has 1 heterocycles. The first-order valence-corrected chi connectivity index (χ1v) is 7.90. The quantitative estimate of drug-likeness (QED) is 0.822. The van der Waals surface area contributed by atoms with Gasteiger partial charge in [0.1, 0.15) is 15.6 Å². The zero-order chi connectivity index (χ0) is 14.0. The van der Waals surface area contributed by atoms with Crippen molar-refractivity contribution in [2.45, 2.75) is 11.8 Å². The van der Waals surface area contributed by atoms with Crippen LogP contribution in [-0.4, -0.2) is 10.0 Å². The molecule has 0 saturated heterocycles. The fraction of sp³-hybridized carbons (Fsp3) is 0.0625. The highest BCUT2D eigenvalue weighted by Crippen LogP contribution is 2.26. The van der Waals surface area contributed by atoms with Crippen molar-refractivity contribution in [3.05, 3.63) is 71.6 Å². The molecule has 3 nitrogen and oxygen atoms in total. The highest BCUT2D eigenvalue weighted by molar-refractivity contribution is 7.97. The number of hydrogen-bond acceptors (Lipinski definition) is 3. The highest BCUT2D eigenvalue weighted by atomic mass is 32.2. The van der Waals surface area contributed by atoms with E-state index in [0.29, 0.717) is 16.4 Å². The van der Waals surface area contributed by atoms with E-state index in [0.717, 1.165) is 5.56 Å². The van der Waals surface area contributed by atoms with Crippen LogP contribution in [0.2, 0.25) is 0 Å². The van der Waals surface area contributed by atoms with Gasteiger partial charge in [0.15, 0.2) is 0 Å². The molecule has 0 radical (unpaired) electrons. The molecule has 0 bridgehead atoms. The zero-order valence-electron chi connectivity index (χ0n) is 11.1. The van der Waals surface area contributed by atoms with Crippen molar-refractivity contribution in [1.29, 1.82) is 0 Å². The van der Waals surface area contributed by atoms with Gasteiger partial charge in [0.2, 0.25) is 0 Å². The summed E-state index contributed by atoms with van der Waals surface area (Å²) in [5, 5.41) is 1.67. The number of aliphatic imine (C=N–C) groups is 1. The lowest BCUT2D eigenvalue weighted by Crippen LogP contribution is -2.06. The maximum absolute atomic E-state index is 13.1. The number of nitrogens with zero attached hydrogens (tertiary/aromatic N) is 2. The topological polar surface area (TPSA) is 41.8 Å². The van der Waals surface area contributed by atoms with Gasteiger partial charge in [0.05, 0.1) is 10.6 Å². The predicted molar refractivity (Wildman–Crippen MR) is 82.8 cm³/mol. The Morgan fingerprint density at radius 1 is 0.900 bits per heavy atom. The number of rotatable bonds is 2. The summed E-state index contributed by atoms with van der Waals surface area (Å²) in [6.07, 6.45) is 0. The molecule has 0 amide bonds. The largest absolute Gasteiger partial charge is 0.240 e. The normalized spacial score (nSPS) is 21.6. The molecule has 0 aliphatic carbocycles. The van der Waals surface area contributed by atoms with Gasteiger partial charge in [-0.15, -0.1) is 0 Å². The molecular weight excluding hydrogens is 268 g/mol. The van der Waals surface area contributed by atoms with Gasteiger partial charge in [-0.05, 0) is 19.1 Å². The first-order valence-electron chi connectivity index (χ1n) is 6.32. The minimum atomic E-state index is -2.58. The van der Waals surface area contributed by atoms with Gasteiger partial charge >= 0.3 is 0 Å². The molecule has 0 N–H and O–H groups in total. The van der Waals surface area contributed by atoms with E-state index in [9.17, 15) is 4.21 Å². The van der Waals surface area contributed by atoms with Crippen LogP contribution in [0.25, 0.3) is 5.70 Å². The third-order valence-corrected chi connectivity index (χ3v) is 5.00. The summed E-state index contributed by atoms with van der Waals surface area (Å²) in [6, 6.07) is 19.1. The third-order valence-electron chi connectivity index (χ3n) is 2.97. The van der Waals surface area contributed by atoms with Crippen LogP contribution in [0.5, 0.6) is 0 Å². The van der Waals surface area contributed by atoms with Crippen molar-refractivity contribution in [2.75, 3.05) is 0 Å².